The third-order valence-corrected chi connectivity index (χ3v) is 3.60. The molecule has 1 saturated heterocycles. The van der Waals surface area contributed by atoms with Crippen molar-refractivity contribution >= 4 is 10.8 Å². The molecule has 0 amide bonds. The van der Waals surface area contributed by atoms with Gasteiger partial charge in [-0.1, -0.05) is 48.9 Å². The molecule has 1 heterocycles. The highest BCUT2D eigenvalue weighted by Crippen LogP contribution is 2.20. The number of nitrogens with zero attached hydrogens (tertiary/aromatic N) is 1. The predicted octanol–water partition coefficient (Wildman–Crippen LogP) is 3.76. The molecule has 0 aliphatic carbocycles. The maximum absolute atomic E-state index is 5.91. The van der Waals surface area contributed by atoms with Gasteiger partial charge >= 0.3 is 0 Å². The maximum atomic E-state index is 5.91. The quantitative estimate of drug-likeness (QED) is 0.811. The van der Waals surface area contributed by atoms with Gasteiger partial charge < -0.3 is 0 Å². The van der Waals surface area contributed by atoms with Gasteiger partial charge in [0.1, 0.15) is 0 Å². The van der Waals surface area contributed by atoms with E-state index >= 15 is 0 Å². The Morgan fingerprint density at radius 1 is 0.889 bits per heavy atom. The van der Waals surface area contributed by atoms with Crippen LogP contribution in [0.15, 0.2) is 42.5 Å². The summed E-state index contributed by atoms with van der Waals surface area (Å²) in [7, 11) is 0. The van der Waals surface area contributed by atoms with Crippen molar-refractivity contribution in [3.05, 3.63) is 48.0 Å². The minimum absolute atomic E-state index is 0.682. The summed E-state index contributed by atoms with van der Waals surface area (Å²) in [5.41, 5.74) is 1.28. The highest BCUT2D eigenvalue weighted by atomic mass is 16.7. The summed E-state index contributed by atoms with van der Waals surface area (Å²) in [5, 5.41) is 4.71. The standard InChI is InChI=1S/C16H19NO/c1-4-11-17(12-5-1)18-13-15-9-6-8-14-7-2-3-10-16(14)15/h2-3,6-10H,1,4-5,11-13H2. The van der Waals surface area contributed by atoms with Gasteiger partial charge in [0.25, 0.3) is 0 Å². The molecule has 0 unspecified atom stereocenters. The van der Waals surface area contributed by atoms with Gasteiger partial charge in [-0.2, -0.15) is 5.06 Å². The molecule has 0 N–H and O–H groups in total. The molecule has 0 aromatic heterocycles. The van der Waals surface area contributed by atoms with Crippen LogP contribution in [0.4, 0.5) is 0 Å². The lowest BCUT2D eigenvalue weighted by Crippen LogP contribution is -2.29. The molecule has 2 heteroatoms. The zero-order valence-electron chi connectivity index (χ0n) is 10.6. The molecule has 0 saturated carbocycles. The van der Waals surface area contributed by atoms with Gasteiger partial charge in [0.05, 0.1) is 6.61 Å². The third kappa shape index (κ3) is 2.55. The van der Waals surface area contributed by atoms with Crippen molar-refractivity contribution in [1.82, 2.24) is 5.06 Å². The largest absolute Gasteiger partial charge is 0.294 e. The van der Waals surface area contributed by atoms with E-state index < -0.39 is 0 Å². The molecule has 0 radical (unpaired) electrons. The first-order valence-electron chi connectivity index (χ1n) is 6.78. The monoisotopic (exact) mass is 241 g/mol. The first-order chi connectivity index (χ1) is 8.93. The molecule has 2 aromatic rings. The molecule has 1 aliphatic heterocycles. The highest BCUT2D eigenvalue weighted by Gasteiger charge is 2.11. The van der Waals surface area contributed by atoms with E-state index in [9.17, 15) is 0 Å². The van der Waals surface area contributed by atoms with E-state index in [4.69, 9.17) is 4.84 Å². The number of hydrogen-bond donors (Lipinski definition) is 0. The second-order valence-electron chi connectivity index (χ2n) is 4.90. The molecule has 94 valence electrons. The van der Waals surface area contributed by atoms with Crippen LogP contribution in [0.25, 0.3) is 10.8 Å². The molecule has 3 rings (SSSR count). The Morgan fingerprint density at radius 3 is 2.56 bits per heavy atom. The second kappa shape index (κ2) is 5.51. The van der Waals surface area contributed by atoms with Crippen molar-refractivity contribution in [1.29, 1.82) is 0 Å². The highest BCUT2D eigenvalue weighted by molar-refractivity contribution is 5.85. The lowest BCUT2D eigenvalue weighted by Gasteiger charge is -2.25. The van der Waals surface area contributed by atoms with Crippen LogP contribution in [0.5, 0.6) is 0 Å². The fourth-order valence-electron chi connectivity index (χ4n) is 2.57. The van der Waals surface area contributed by atoms with Crippen molar-refractivity contribution < 1.29 is 4.84 Å². The minimum Gasteiger partial charge on any atom is -0.294 e. The van der Waals surface area contributed by atoms with E-state index in [1.54, 1.807) is 0 Å². The Hall–Kier alpha value is -1.38. The summed E-state index contributed by atoms with van der Waals surface area (Å²) >= 11 is 0. The summed E-state index contributed by atoms with van der Waals surface area (Å²) in [5.74, 6) is 0. The third-order valence-electron chi connectivity index (χ3n) is 3.60. The van der Waals surface area contributed by atoms with Crippen LogP contribution in [0.2, 0.25) is 0 Å². The molecule has 1 fully saturated rings. The van der Waals surface area contributed by atoms with Gasteiger partial charge in [-0.15, -0.1) is 0 Å². The van der Waals surface area contributed by atoms with Crippen molar-refractivity contribution in [3.63, 3.8) is 0 Å². The number of fused-ring (bicyclic) bond motifs is 1. The molecule has 2 nitrogen and oxygen atoms in total. The van der Waals surface area contributed by atoms with Crippen LogP contribution < -0.4 is 0 Å². The maximum Gasteiger partial charge on any atom is 0.0941 e. The number of benzene rings is 2. The van der Waals surface area contributed by atoms with Crippen LogP contribution >= 0.6 is 0 Å². The van der Waals surface area contributed by atoms with Gasteiger partial charge in [0.2, 0.25) is 0 Å². The Balaban J connectivity index is 1.74. The molecule has 18 heavy (non-hydrogen) atoms. The summed E-state index contributed by atoms with van der Waals surface area (Å²) in [6.45, 7) is 2.83. The average Bonchev–Trinajstić information content (AvgIpc) is 2.46. The number of piperidine rings is 1. The van der Waals surface area contributed by atoms with Gasteiger partial charge in [-0.05, 0) is 29.2 Å². The first-order valence-corrected chi connectivity index (χ1v) is 6.78. The van der Waals surface area contributed by atoms with Crippen molar-refractivity contribution in [2.75, 3.05) is 13.1 Å². The smallest absolute Gasteiger partial charge is 0.0941 e. The number of hydroxylamine groups is 2. The predicted molar refractivity (Wildman–Crippen MR) is 74.2 cm³/mol. The zero-order chi connectivity index (χ0) is 12.2. The van der Waals surface area contributed by atoms with Crippen molar-refractivity contribution in [3.8, 4) is 0 Å². The summed E-state index contributed by atoms with van der Waals surface area (Å²) < 4.78 is 0. The fraction of sp³-hybridized carbons (Fsp3) is 0.375. The van der Waals surface area contributed by atoms with E-state index in [1.807, 2.05) is 0 Å². The lowest BCUT2D eigenvalue weighted by atomic mass is 10.1. The Bertz CT molecular complexity index is 512. The lowest BCUT2D eigenvalue weighted by molar-refractivity contribution is -0.178. The molecule has 0 bridgehead atoms. The molecule has 1 aliphatic rings. The van der Waals surface area contributed by atoms with Gasteiger partial charge in [0.15, 0.2) is 0 Å². The topological polar surface area (TPSA) is 12.5 Å². The molecule has 2 aromatic carbocycles. The van der Waals surface area contributed by atoms with Crippen molar-refractivity contribution in [2.24, 2.45) is 0 Å². The van der Waals surface area contributed by atoms with E-state index in [-0.39, 0.29) is 0 Å². The minimum atomic E-state index is 0.682. The molecule has 0 spiro atoms. The van der Waals surface area contributed by atoms with Crippen LogP contribution in [0.1, 0.15) is 24.8 Å². The number of rotatable bonds is 3. The van der Waals surface area contributed by atoms with E-state index in [0.717, 1.165) is 13.1 Å². The summed E-state index contributed by atoms with van der Waals surface area (Å²) in [6, 6.07) is 14.9. The van der Waals surface area contributed by atoms with Crippen LogP contribution in [-0.2, 0) is 11.4 Å². The van der Waals surface area contributed by atoms with E-state index in [1.165, 1.54) is 35.6 Å². The van der Waals surface area contributed by atoms with Crippen LogP contribution in [-0.4, -0.2) is 18.2 Å². The van der Waals surface area contributed by atoms with E-state index in [2.05, 4.69) is 47.5 Å². The normalized spacial score (nSPS) is 17.1. The van der Waals surface area contributed by atoms with Crippen LogP contribution in [0, 0.1) is 0 Å². The van der Waals surface area contributed by atoms with Crippen LogP contribution in [0.3, 0.4) is 0 Å². The Kier molecular flexibility index (Phi) is 3.58. The van der Waals surface area contributed by atoms with E-state index in [0.29, 0.717) is 6.61 Å². The first kappa shape index (κ1) is 11.7. The summed E-state index contributed by atoms with van der Waals surface area (Å²) in [4.78, 5) is 5.91. The second-order valence-corrected chi connectivity index (χ2v) is 4.90. The van der Waals surface area contributed by atoms with Gasteiger partial charge in [-0.3, -0.25) is 4.84 Å². The SMILES string of the molecule is c1ccc2c(CON3CCCCC3)cccc2c1. The molecule has 0 atom stereocenters. The average molecular weight is 241 g/mol. The Morgan fingerprint density at radius 2 is 1.67 bits per heavy atom. The summed E-state index contributed by atoms with van der Waals surface area (Å²) in [6.07, 6.45) is 3.86. The number of hydrogen-bond acceptors (Lipinski definition) is 2. The molecular weight excluding hydrogens is 222 g/mol. The zero-order valence-corrected chi connectivity index (χ0v) is 10.6. The fourth-order valence-corrected chi connectivity index (χ4v) is 2.57. The van der Waals surface area contributed by atoms with Crippen molar-refractivity contribution in [2.45, 2.75) is 25.9 Å². The Labute approximate surface area is 108 Å². The van der Waals surface area contributed by atoms with Gasteiger partial charge in [0, 0.05) is 13.1 Å². The molecular formula is C16H19NO. The van der Waals surface area contributed by atoms with Gasteiger partial charge in [-0.25, -0.2) is 0 Å².